The zero-order chi connectivity index (χ0) is 25.8. The van der Waals surface area contributed by atoms with Gasteiger partial charge in [0.05, 0.1) is 30.5 Å². The largest absolute Gasteiger partial charge is 0.396 e. The van der Waals surface area contributed by atoms with Crippen LogP contribution in [0.1, 0.15) is 91.9 Å². The zero-order valence-corrected chi connectivity index (χ0v) is 22.5. The molecule has 3 aliphatic carbocycles. The third-order valence-electron chi connectivity index (χ3n) is 9.86. The first kappa shape index (κ1) is 28.6. The van der Waals surface area contributed by atoms with Crippen molar-refractivity contribution >= 4 is 0 Å². The Bertz CT molecular complexity index is 782. The van der Waals surface area contributed by atoms with E-state index in [2.05, 4.69) is 32.6 Å². The van der Waals surface area contributed by atoms with Crippen molar-refractivity contribution in [3.8, 4) is 0 Å². The maximum absolute atomic E-state index is 10.6. The monoisotopic (exact) mass is 490 g/mol. The topological polar surface area (TPSA) is 90.2 Å². The van der Waals surface area contributed by atoms with E-state index in [1.165, 1.54) is 24.8 Å². The molecule has 7 atom stereocenters. The summed E-state index contributed by atoms with van der Waals surface area (Å²) in [6, 6.07) is 0. The van der Waals surface area contributed by atoms with Crippen LogP contribution in [0.4, 0.5) is 0 Å². The first-order chi connectivity index (χ1) is 16.6. The van der Waals surface area contributed by atoms with Gasteiger partial charge in [0.1, 0.15) is 0 Å². The van der Waals surface area contributed by atoms with Gasteiger partial charge in [0.2, 0.25) is 0 Å². The zero-order valence-electron chi connectivity index (χ0n) is 22.5. The van der Waals surface area contributed by atoms with Crippen molar-refractivity contribution < 1.29 is 25.2 Å². The first-order valence-electron chi connectivity index (χ1n) is 14.0. The molecule has 0 unspecified atom stereocenters. The Labute approximate surface area is 213 Å². The van der Waals surface area contributed by atoms with Gasteiger partial charge in [-0.25, -0.2) is 0 Å². The number of allylic oxidation sites excluding steroid dienone is 3. The number of fused-ring (bicyclic) bond motifs is 1. The van der Waals surface area contributed by atoms with Crippen molar-refractivity contribution in [2.45, 2.75) is 116 Å². The van der Waals surface area contributed by atoms with E-state index in [-0.39, 0.29) is 24.0 Å². The van der Waals surface area contributed by atoms with E-state index < -0.39 is 17.8 Å². The van der Waals surface area contributed by atoms with Gasteiger partial charge < -0.3 is 25.2 Å². The van der Waals surface area contributed by atoms with Gasteiger partial charge in [-0.05, 0) is 99.5 Å². The van der Waals surface area contributed by atoms with Crippen molar-refractivity contribution in [3.63, 3.8) is 0 Å². The lowest BCUT2D eigenvalue weighted by atomic mass is 9.62. The van der Waals surface area contributed by atoms with Crippen LogP contribution in [0.3, 0.4) is 0 Å². The molecule has 0 aliphatic heterocycles. The van der Waals surface area contributed by atoms with Crippen LogP contribution < -0.4 is 0 Å². The molecule has 200 valence electrons. The Kier molecular flexibility index (Phi) is 9.84. The molecule has 0 aromatic rings. The molecule has 0 spiro atoms. The van der Waals surface area contributed by atoms with Gasteiger partial charge in [0.15, 0.2) is 0 Å². The normalized spacial score (nSPS) is 35.9. The number of hydrogen-bond acceptors (Lipinski definition) is 5. The molecule has 35 heavy (non-hydrogen) atoms. The molecule has 0 aromatic carbocycles. The molecule has 3 fully saturated rings. The minimum absolute atomic E-state index is 0.0390. The molecule has 0 radical (unpaired) electrons. The van der Waals surface area contributed by atoms with E-state index in [1.54, 1.807) is 0 Å². The van der Waals surface area contributed by atoms with Crippen molar-refractivity contribution in [1.29, 1.82) is 0 Å². The smallest absolute Gasteiger partial charge is 0.0901 e. The summed E-state index contributed by atoms with van der Waals surface area (Å²) in [6.07, 6.45) is 12.0. The average molecular weight is 491 g/mol. The second-order valence-electron chi connectivity index (χ2n) is 11.7. The molecule has 4 N–H and O–H groups in total. The molecule has 3 aliphatic rings. The van der Waals surface area contributed by atoms with E-state index in [0.29, 0.717) is 50.5 Å². The fraction of sp³-hybridized carbons (Fsp3) is 0.800. The molecule has 0 amide bonds. The average Bonchev–Trinajstić information content (AvgIpc) is 3.21. The van der Waals surface area contributed by atoms with Crippen LogP contribution in [0, 0.1) is 23.2 Å². The Morgan fingerprint density at radius 1 is 1.23 bits per heavy atom. The second-order valence-corrected chi connectivity index (χ2v) is 11.7. The standard InChI is InChI=1S/C30H50O5/c1-6-30(34,7-2)28(33)14-16-35-21(4)26-12-13-27-22(9-8-15-29(26,27)5)10-11-23-17-25(32)18-24(19-31)20(23)3/h10-11,21,24-28,31-34H,3,6-9,12-19H2,1-2,4-5H3/b22-10+,23-11+/t21-,24+,25+,26+,27-,28-,29+/m0/s1. The van der Waals surface area contributed by atoms with Gasteiger partial charge in [-0.2, -0.15) is 0 Å². The quantitative estimate of drug-likeness (QED) is 0.343. The van der Waals surface area contributed by atoms with Gasteiger partial charge in [0, 0.05) is 12.5 Å². The predicted octanol–water partition coefficient (Wildman–Crippen LogP) is 5.08. The lowest BCUT2D eigenvalue weighted by Crippen LogP contribution is -2.42. The predicted molar refractivity (Wildman–Crippen MR) is 141 cm³/mol. The van der Waals surface area contributed by atoms with Crippen LogP contribution in [0.2, 0.25) is 0 Å². The lowest BCUT2D eigenvalue weighted by Gasteiger charge is -2.44. The van der Waals surface area contributed by atoms with Gasteiger partial charge in [-0.1, -0.05) is 45.1 Å². The van der Waals surface area contributed by atoms with Gasteiger partial charge >= 0.3 is 0 Å². The van der Waals surface area contributed by atoms with E-state index in [4.69, 9.17) is 4.74 Å². The van der Waals surface area contributed by atoms with Gasteiger partial charge in [-0.3, -0.25) is 0 Å². The fourth-order valence-corrected chi connectivity index (χ4v) is 7.29. The van der Waals surface area contributed by atoms with E-state index in [0.717, 1.165) is 24.0 Å². The van der Waals surface area contributed by atoms with Crippen LogP contribution in [-0.2, 0) is 4.74 Å². The summed E-state index contributed by atoms with van der Waals surface area (Å²) in [5.41, 5.74) is 2.73. The summed E-state index contributed by atoms with van der Waals surface area (Å²) in [6.45, 7) is 13.2. The molecular weight excluding hydrogens is 440 g/mol. The molecule has 5 nitrogen and oxygen atoms in total. The highest BCUT2D eigenvalue weighted by atomic mass is 16.5. The summed E-state index contributed by atoms with van der Waals surface area (Å²) < 4.78 is 6.27. The minimum atomic E-state index is -1.02. The summed E-state index contributed by atoms with van der Waals surface area (Å²) in [4.78, 5) is 0. The number of ether oxygens (including phenoxy) is 1. The first-order valence-corrected chi connectivity index (χ1v) is 14.0. The lowest BCUT2D eigenvalue weighted by molar-refractivity contribution is -0.0997. The Morgan fingerprint density at radius 3 is 2.60 bits per heavy atom. The van der Waals surface area contributed by atoms with Crippen molar-refractivity contribution in [3.05, 3.63) is 35.5 Å². The maximum Gasteiger partial charge on any atom is 0.0901 e. The summed E-state index contributed by atoms with van der Waals surface area (Å²) in [7, 11) is 0. The molecule has 3 saturated carbocycles. The maximum atomic E-state index is 10.6. The molecule has 0 saturated heterocycles. The Balaban J connectivity index is 1.65. The highest BCUT2D eigenvalue weighted by Gasteiger charge is 2.51. The fourth-order valence-electron chi connectivity index (χ4n) is 7.29. The van der Waals surface area contributed by atoms with Crippen LogP contribution in [0.15, 0.2) is 35.5 Å². The third kappa shape index (κ3) is 6.13. The molecule has 5 heteroatoms. The van der Waals surface area contributed by atoms with E-state index in [9.17, 15) is 20.4 Å². The van der Waals surface area contributed by atoms with Gasteiger partial charge in [-0.15, -0.1) is 0 Å². The van der Waals surface area contributed by atoms with Crippen molar-refractivity contribution in [2.75, 3.05) is 13.2 Å². The van der Waals surface area contributed by atoms with Crippen LogP contribution in [0.25, 0.3) is 0 Å². The minimum Gasteiger partial charge on any atom is -0.396 e. The number of aliphatic hydroxyl groups is 4. The van der Waals surface area contributed by atoms with Gasteiger partial charge in [0.25, 0.3) is 0 Å². The van der Waals surface area contributed by atoms with Crippen LogP contribution in [-0.4, -0.2) is 57.6 Å². The second kappa shape index (κ2) is 12.0. The van der Waals surface area contributed by atoms with Crippen LogP contribution in [0.5, 0.6) is 0 Å². The number of hydrogen-bond donors (Lipinski definition) is 4. The van der Waals surface area contributed by atoms with Crippen LogP contribution >= 0.6 is 0 Å². The summed E-state index contributed by atoms with van der Waals surface area (Å²) >= 11 is 0. The van der Waals surface area contributed by atoms with E-state index >= 15 is 0 Å². The third-order valence-corrected chi connectivity index (χ3v) is 9.86. The highest BCUT2D eigenvalue weighted by Crippen LogP contribution is 2.58. The number of rotatable bonds is 10. The van der Waals surface area contributed by atoms with Crippen molar-refractivity contribution in [2.24, 2.45) is 23.2 Å². The molecule has 0 heterocycles. The number of aliphatic hydroxyl groups excluding tert-OH is 3. The molecule has 0 bridgehead atoms. The molecule has 3 rings (SSSR count). The Morgan fingerprint density at radius 2 is 1.94 bits per heavy atom. The van der Waals surface area contributed by atoms with E-state index in [1.807, 2.05) is 13.8 Å². The molecule has 0 aromatic heterocycles. The summed E-state index contributed by atoms with van der Waals surface area (Å²) in [5.74, 6) is 0.968. The van der Waals surface area contributed by atoms with Crippen molar-refractivity contribution in [1.82, 2.24) is 0 Å². The SMILES string of the molecule is C=C1/C(=C/C=C2\CCC[C@]3(C)[C@@H]([C@H](C)OCC[C@H](O)C(O)(CC)CC)CC[C@@H]23)C[C@@H](O)C[C@@H]1CO. The summed E-state index contributed by atoms with van der Waals surface area (Å²) in [5, 5.41) is 40.9. The molecular formula is C30H50O5. The highest BCUT2D eigenvalue weighted by molar-refractivity contribution is 5.38. The Hall–Kier alpha value is -0.980.